The summed E-state index contributed by atoms with van der Waals surface area (Å²) in [6, 6.07) is 24.6. The highest BCUT2D eigenvalue weighted by molar-refractivity contribution is 14.1. The van der Waals surface area contributed by atoms with Crippen molar-refractivity contribution in [2.24, 2.45) is 0 Å². The summed E-state index contributed by atoms with van der Waals surface area (Å²) in [4.78, 5) is 18.0. The minimum atomic E-state index is -4.55. The molecule has 0 saturated heterocycles. The van der Waals surface area contributed by atoms with Gasteiger partial charge < -0.3 is 10.6 Å². The molecule has 37 heavy (non-hydrogen) atoms. The van der Waals surface area contributed by atoms with E-state index in [0.717, 1.165) is 27.7 Å². The van der Waals surface area contributed by atoms with Gasteiger partial charge in [-0.1, -0.05) is 77.2 Å². The standard InChI is InChI=1S/C28H22BrF3IN3O/c29-23-12-13-25(34-18-23)27(16-19-6-2-1-3-7-19,21-9-5-10-22(15-21)28(30,31)32)36-26(37)35-24-11-4-8-20(14-24)17-33/h1-15,18H,16-17H2,(H2,35,36,37). The third-order valence-corrected chi connectivity index (χ3v) is 7.18. The first-order valence-electron chi connectivity index (χ1n) is 11.3. The van der Waals surface area contributed by atoms with Crippen LogP contribution < -0.4 is 10.6 Å². The van der Waals surface area contributed by atoms with Gasteiger partial charge in [0.15, 0.2) is 0 Å². The summed E-state index contributed by atoms with van der Waals surface area (Å²) in [6.07, 6.45) is -2.82. The van der Waals surface area contributed by atoms with E-state index < -0.39 is 23.3 Å². The zero-order valence-corrected chi connectivity index (χ0v) is 23.1. The molecule has 1 heterocycles. The van der Waals surface area contributed by atoms with Crippen molar-refractivity contribution in [1.29, 1.82) is 0 Å². The first-order chi connectivity index (χ1) is 17.7. The number of alkyl halides is 4. The maximum atomic E-state index is 13.7. The molecular formula is C28H22BrF3IN3O. The molecule has 0 fully saturated rings. The van der Waals surface area contributed by atoms with Crippen LogP contribution in [0.1, 0.15) is 27.9 Å². The SMILES string of the molecule is O=C(Nc1cccc(CI)c1)NC(Cc1ccccc1)(c1cccc(C(F)(F)F)c1)c1ccc(Br)cn1. The highest BCUT2D eigenvalue weighted by Gasteiger charge is 2.40. The van der Waals surface area contributed by atoms with Crippen molar-refractivity contribution < 1.29 is 18.0 Å². The third kappa shape index (κ3) is 6.70. The second kappa shape index (κ2) is 11.6. The molecule has 1 atom stereocenters. The average molecular weight is 680 g/mol. The van der Waals surface area contributed by atoms with E-state index >= 15 is 0 Å². The van der Waals surface area contributed by atoms with Crippen LogP contribution in [0.4, 0.5) is 23.7 Å². The lowest BCUT2D eigenvalue weighted by atomic mass is 9.80. The Labute approximate surface area is 235 Å². The second-order valence-electron chi connectivity index (χ2n) is 8.42. The summed E-state index contributed by atoms with van der Waals surface area (Å²) in [6.45, 7) is 0. The van der Waals surface area contributed by atoms with E-state index in [2.05, 4.69) is 54.1 Å². The lowest BCUT2D eigenvalue weighted by Gasteiger charge is -2.36. The Morgan fingerprint density at radius 2 is 1.57 bits per heavy atom. The Morgan fingerprint density at radius 1 is 0.865 bits per heavy atom. The molecule has 2 N–H and O–H groups in total. The second-order valence-corrected chi connectivity index (χ2v) is 10.1. The molecule has 4 nitrogen and oxygen atoms in total. The van der Waals surface area contributed by atoms with Crippen molar-refractivity contribution in [2.45, 2.75) is 22.6 Å². The van der Waals surface area contributed by atoms with Crippen LogP contribution >= 0.6 is 38.5 Å². The van der Waals surface area contributed by atoms with E-state index in [-0.39, 0.29) is 12.0 Å². The normalized spacial score (nSPS) is 13.0. The van der Waals surface area contributed by atoms with Crippen molar-refractivity contribution in [3.05, 3.63) is 130 Å². The van der Waals surface area contributed by atoms with Crippen LogP contribution in [0.2, 0.25) is 0 Å². The number of hydrogen-bond donors (Lipinski definition) is 2. The highest BCUT2D eigenvalue weighted by atomic mass is 127. The number of carbonyl (C=O) groups is 1. The fourth-order valence-electron chi connectivity index (χ4n) is 4.10. The molecule has 0 aliphatic rings. The summed E-state index contributed by atoms with van der Waals surface area (Å²) in [5, 5.41) is 5.84. The quantitative estimate of drug-likeness (QED) is 0.153. The van der Waals surface area contributed by atoms with Gasteiger partial charge >= 0.3 is 12.2 Å². The predicted molar refractivity (Wildman–Crippen MR) is 151 cm³/mol. The van der Waals surface area contributed by atoms with Crippen LogP contribution in [0, 0.1) is 0 Å². The van der Waals surface area contributed by atoms with Crippen LogP contribution in [0.3, 0.4) is 0 Å². The number of carbonyl (C=O) groups excluding carboxylic acids is 1. The minimum Gasteiger partial charge on any atom is -0.322 e. The average Bonchev–Trinajstić information content (AvgIpc) is 2.89. The zero-order valence-electron chi connectivity index (χ0n) is 19.4. The Hall–Kier alpha value is -2.92. The van der Waals surface area contributed by atoms with Gasteiger partial charge in [-0.05, 0) is 69.0 Å². The van der Waals surface area contributed by atoms with Crippen LogP contribution in [0.5, 0.6) is 0 Å². The largest absolute Gasteiger partial charge is 0.416 e. The fourth-order valence-corrected chi connectivity index (χ4v) is 4.81. The summed E-state index contributed by atoms with van der Waals surface area (Å²) < 4.78 is 42.7. The maximum absolute atomic E-state index is 13.7. The molecule has 0 spiro atoms. The Balaban J connectivity index is 1.85. The van der Waals surface area contributed by atoms with Crippen LogP contribution in [-0.2, 0) is 22.6 Å². The number of urea groups is 1. The van der Waals surface area contributed by atoms with E-state index in [1.807, 2.05) is 48.5 Å². The number of nitrogens with one attached hydrogen (secondary N) is 2. The molecule has 9 heteroatoms. The monoisotopic (exact) mass is 679 g/mol. The minimum absolute atomic E-state index is 0.172. The Morgan fingerprint density at radius 3 is 2.24 bits per heavy atom. The molecule has 3 aromatic carbocycles. The summed E-state index contributed by atoms with van der Waals surface area (Å²) >= 11 is 5.60. The summed E-state index contributed by atoms with van der Waals surface area (Å²) in [5.74, 6) is 0. The molecule has 2 amide bonds. The van der Waals surface area contributed by atoms with Gasteiger partial charge in [-0.25, -0.2) is 4.79 Å². The zero-order chi connectivity index (χ0) is 26.5. The molecule has 0 radical (unpaired) electrons. The lowest BCUT2D eigenvalue weighted by Crippen LogP contribution is -2.50. The van der Waals surface area contributed by atoms with Crippen LogP contribution in [0.25, 0.3) is 0 Å². The van der Waals surface area contributed by atoms with E-state index in [9.17, 15) is 18.0 Å². The molecule has 0 aliphatic carbocycles. The smallest absolute Gasteiger partial charge is 0.322 e. The highest BCUT2D eigenvalue weighted by Crippen LogP contribution is 2.37. The molecule has 1 unspecified atom stereocenters. The van der Waals surface area contributed by atoms with Crippen molar-refractivity contribution in [1.82, 2.24) is 10.3 Å². The molecule has 190 valence electrons. The topological polar surface area (TPSA) is 54.0 Å². The number of benzene rings is 3. The number of pyridine rings is 1. The summed E-state index contributed by atoms with van der Waals surface area (Å²) in [7, 11) is 0. The number of nitrogens with zero attached hydrogens (tertiary/aromatic N) is 1. The van der Waals surface area contributed by atoms with E-state index in [1.54, 1.807) is 30.5 Å². The Bertz CT molecular complexity index is 1370. The van der Waals surface area contributed by atoms with Gasteiger partial charge in [-0.2, -0.15) is 13.2 Å². The van der Waals surface area contributed by atoms with Crippen LogP contribution in [0.15, 0.2) is 102 Å². The van der Waals surface area contributed by atoms with Crippen molar-refractivity contribution in [2.75, 3.05) is 5.32 Å². The van der Waals surface area contributed by atoms with Gasteiger partial charge in [-0.15, -0.1) is 0 Å². The number of anilines is 1. The van der Waals surface area contributed by atoms with Crippen molar-refractivity contribution in [3.63, 3.8) is 0 Å². The van der Waals surface area contributed by atoms with Crippen molar-refractivity contribution in [3.8, 4) is 0 Å². The number of rotatable bonds is 7. The van der Waals surface area contributed by atoms with E-state index in [0.29, 0.717) is 15.9 Å². The van der Waals surface area contributed by atoms with Gasteiger partial charge in [0, 0.05) is 27.2 Å². The van der Waals surface area contributed by atoms with E-state index in [1.165, 1.54) is 6.07 Å². The fraction of sp³-hybridized carbons (Fsp3) is 0.143. The first kappa shape index (κ1) is 27.1. The number of halogens is 5. The molecule has 1 aromatic heterocycles. The third-order valence-electron chi connectivity index (χ3n) is 5.83. The number of hydrogen-bond acceptors (Lipinski definition) is 2. The van der Waals surface area contributed by atoms with Gasteiger partial charge in [-0.3, -0.25) is 4.98 Å². The molecule has 4 rings (SSSR count). The molecule has 0 bridgehead atoms. The van der Waals surface area contributed by atoms with E-state index in [4.69, 9.17) is 0 Å². The van der Waals surface area contributed by atoms with Crippen LogP contribution in [-0.4, -0.2) is 11.0 Å². The predicted octanol–water partition coefficient (Wildman–Crippen LogP) is 8.11. The van der Waals surface area contributed by atoms with Gasteiger partial charge in [0.05, 0.1) is 11.3 Å². The molecular weight excluding hydrogens is 658 g/mol. The Kier molecular flexibility index (Phi) is 8.53. The number of aromatic nitrogens is 1. The first-order valence-corrected chi connectivity index (χ1v) is 13.6. The molecule has 0 aliphatic heterocycles. The maximum Gasteiger partial charge on any atom is 0.416 e. The lowest BCUT2D eigenvalue weighted by molar-refractivity contribution is -0.137. The summed E-state index contributed by atoms with van der Waals surface area (Å²) in [5.41, 5.74) is 0.865. The van der Waals surface area contributed by atoms with Gasteiger partial charge in [0.25, 0.3) is 0 Å². The molecule has 0 saturated carbocycles. The molecule has 4 aromatic rings. The number of amides is 2. The van der Waals surface area contributed by atoms with Gasteiger partial charge in [0.2, 0.25) is 0 Å². The van der Waals surface area contributed by atoms with Gasteiger partial charge in [0.1, 0.15) is 5.54 Å². The van der Waals surface area contributed by atoms with Crippen molar-refractivity contribution >= 4 is 50.2 Å².